The van der Waals surface area contributed by atoms with Crippen LogP contribution < -0.4 is 10.6 Å². The molecule has 0 radical (unpaired) electrons. The Bertz CT molecular complexity index is 575. The Morgan fingerprint density at radius 1 is 1.21 bits per heavy atom. The molecule has 0 aliphatic rings. The normalized spacial score (nSPS) is 10.0. The number of carbonyl (C=O) groups excluding carboxylic acids is 1. The van der Waals surface area contributed by atoms with Gasteiger partial charge in [-0.2, -0.15) is 0 Å². The zero-order valence-electron chi connectivity index (χ0n) is 9.86. The van der Waals surface area contributed by atoms with Gasteiger partial charge in [-0.3, -0.25) is 4.79 Å². The number of benzene rings is 1. The van der Waals surface area contributed by atoms with E-state index in [0.717, 1.165) is 0 Å². The number of halogens is 2. The molecule has 0 fully saturated rings. The third kappa shape index (κ3) is 4.12. The molecule has 0 aliphatic carbocycles. The van der Waals surface area contributed by atoms with Crippen LogP contribution in [0.3, 0.4) is 0 Å². The van der Waals surface area contributed by atoms with Crippen LogP contribution in [-0.2, 0) is 4.79 Å². The Labute approximate surface area is 120 Å². The maximum atomic E-state index is 11.7. The molecule has 2 rings (SSSR count). The Hall–Kier alpha value is -1.78. The highest BCUT2D eigenvalue weighted by molar-refractivity contribution is 6.36. The van der Waals surface area contributed by atoms with Crippen LogP contribution >= 0.6 is 23.2 Å². The second-order valence-electron chi connectivity index (χ2n) is 3.74. The first-order valence-corrected chi connectivity index (χ1v) is 6.30. The summed E-state index contributed by atoms with van der Waals surface area (Å²) in [6.07, 6.45) is 1.61. The van der Waals surface area contributed by atoms with Gasteiger partial charge in [-0.25, -0.2) is 4.98 Å². The van der Waals surface area contributed by atoms with Gasteiger partial charge in [-0.05, 0) is 30.3 Å². The average Bonchev–Trinajstić information content (AvgIpc) is 2.39. The minimum Gasteiger partial charge on any atom is -0.375 e. The summed E-state index contributed by atoms with van der Waals surface area (Å²) in [5.41, 5.74) is 0.655. The highest BCUT2D eigenvalue weighted by Crippen LogP contribution is 2.25. The summed E-state index contributed by atoms with van der Waals surface area (Å²) in [6, 6.07) is 10.3. The molecule has 98 valence electrons. The average molecular weight is 296 g/mol. The van der Waals surface area contributed by atoms with Crippen LogP contribution in [0, 0.1) is 0 Å². The number of anilines is 2. The van der Waals surface area contributed by atoms with Crippen molar-refractivity contribution in [2.24, 2.45) is 0 Å². The summed E-state index contributed by atoms with van der Waals surface area (Å²) in [5.74, 6) is 0.307. The van der Waals surface area contributed by atoms with Crippen molar-refractivity contribution in [2.75, 3.05) is 17.2 Å². The fraction of sp³-hybridized carbons (Fsp3) is 0.0769. The number of hydrogen-bond donors (Lipinski definition) is 2. The van der Waals surface area contributed by atoms with E-state index in [1.54, 1.807) is 42.6 Å². The number of aromatic nitrogens is 1. The lowest BCUT2D eigenvalue weighted by molar-refractivity contribution is -0.114. The summed E-state index contributed by atoms with van der Waals surface area (Å²) in [5, 5.41) is 6.61. The maximum Gasteiger partial charge on any atom is 0.244 e. The number of pyridine rings is 1. The smallest absolute Gasteiger partial charge is 0.244 e. The molecule has 19 heavy (non-hydrogen) atoms. The molecule has 0 bridgehead atoms. The minimum absolute atomic E-state index is 0.0952. The summed E-state index contributed by atoms with van der Waals surface area (Å²) in [7, 11) is 0. The van der Waals surface area contributed by atoms with Crippen LogP contribution in [0.4, 0.5) is 11.5 Å². The molecule has 0 unspecified atom stereocenters. The lowest BCUT2D eigenvalue weighted by Crippen LogP contribution is -2.22. The van der Waals surface area contributed by atoms with E-state index in [9.17, 15) is 4.79 Å². The van der Waals surface area contributed by atoms with Gasteiger partial charge < -0.3 is 10.6 Å². The van der Waals surface area contributed by atoms with Crippen molar-refractivity contribution in [2.45, 2.75) is 0 Å². The van der Waals surface area contributed by atoms with Gasteiger partial charge in [-0.1, -0.05) is 29.3 Å². The van der Waals surface area contributed by atoms with Crippen molar-refractivity contribution >= 4 is 40.6 Å². The van der Waals surface area contributed by atoms with Crippen LogP contribution in [0.15, 0.2) is 42.6 Å². The topological polar surface area (TPSA) is 54.0 Å². The van der Waals surface area contributed by atoms with Crippen molar-refractivity contribution < 1.29 is 4.79 Å². The number of amides is 1. The highest BCUT2D eigenvalue weighted by Gasteiger charge is 2.05. The lowest BCUT2D eigenvalue weighted by atomic mass is 10.3. The third-order valence-corrected chi connectivity index (χ3v) is 2.85. The largest absolute Gasteiger partial charge is 0.375 e. The first kappa shape index (κ1) is 13.6. The molecule has 1 aromatic heterocycles. The number of rotatable bonds is 4. The van der Waals surface area contributed by atoms with Crippen molar-refractivity contribution in [1.29, 1.82) is 0 Å². The van der Waals surface area contributed by atoms with Gasteiger partial charge in [0.15, 0.2) is 0 Å². The van der Waals surface area contributed by atoms with Gasteiger partial charge in [-0.15, -0.1) is 0 Å². The molecule has 0 saturated heterocycles. The number of nitrogens with one attached hydrogen (secondary N) is 2. The van der Waals surface area contributed by atoms with Crippen LogP contribution in [0.5, 0.6) is 0 Å². The van der Waals surface area contributed by atoms with Crippen molar-refractivity contribution in [1.82, 2.24) is 4.98 Å². The van der Waals surface area contributed by atoms with Crippen LogP contribution in [-0.4, -0.2) is 17.4 Å². The first-order chi connectivity index (χ1) is 9.15. The summed E-state index contributed by atoms with van der Waals surface area (Å²) in [4.78, 5) is 15.7. The fourth-order valence-electron chi connectivity index (χ4n) is 1.43. The van der Waals surface area contributed by atoms with Gasteiger partial charge in [0.2, 0.25) is 5.91 Å². The highest BCUT2D eigenvalue weighted by atomic mass is 35.5. The predicted octanol–water partition coefficient (Wildman–Crippen LogP) is 3.44. The van der Waals surface area contributed by atoms with E-state index in [1.807, 2.05) is 0 Å². The van der Waals surface area contributed by atoms with Crippen molar-refractivity contribution in [3.05, 3.63) is 52.6 Å². The Morgan fingerprint density at radius 3 is 2.74 bits per heavy atom. The molecule has 0 atom stereocenters. The van der Waals surface area contributed by atoms with E-state index in [4.69, 9.17) is 23.2 Å². The molecule has 1 amide bonds. The molecular weight excluding hydrogens is 285 g/mol. The molecule has 0 saturated carbocycles. The van der Waals surface area contributed by atoms with Gasteiger partial charge in [0.1, 0.15) is 5.82 Å². The van der Waals surface area contributed by atoms with E-state index >= 15 is 0 Å². The molecule has 6 heteroatoms. The molecular formula is C13H11Cl2N3O. The summed E-state index contributed by atoms with van der Waals surface area (Å²) in [6.45, 7) is 0.0952. The molecule has 4 nitrogen and oxygen atoms in total. The lowest BCUT2D eigenvalue weighted by Gasteiger charge is -2.08. The Balaban J connectivity index is 1.90. The molecule has 0 aliphatic heterocycles. The molecule has 2 N–H and O–H groups in total. The second kappa shape index (κ2) is 6.41. The van der Waals surface area contributed by atoms with E-state index in [2.05, 4.69) is 15.6 Å². The van der Waals surface area contributed by atoms with Gasteiger partial charge in [0, 0.05) is 11.2 Å². The number of carbonyl (C=O) groups is 1. The van der Waals surface area contributed by atoms with Crippen LogP contribution in [0.1, 0.15) is 0 Å². The standard InChI is InChI=1S/C13H11Cl2N3O/c14-9-4-5-11(10(15)7-9)17-8-13(19)18-12-3-1-2-6-16-12/h1-7,17H,8H2,(H,16,18,19). The van der Waals surface area contributed by atoms with Gasteiger partial charge >= 0.3 is 0 Å². The van der Waals surface area contributed by atoms with Crippen LogP contribution in [0.25, 0.3) is 0 Å². The summed E-state index contributed by atoms with van der Waals surface area (Å²) < 4.78 is 0. The molecule has 2 aromatic rings. The third-order valence-electron chi connectivity index (χ3n) is 2.30. The number of hydrogen-bond acceptors (Lipinski definition) is 3. The zero-order chi connectivity index (χ0) is 13.7. The minimum atomic E-state index is -0.204. The van der Waals surface area contributed by atoms with Gasteiger partial charge in [0.25, 0.3) is 0 Å². The quantitative estimate of drug-likeness (QED) is 0.908. The predicted molar refractivity (Wildman–Crippen MR) is 77.8 cm³/mol. The Morgan fingerprint density at radius 2 is 2.05 bits per heavy atom. The molecule has 0 spiro atoms. The maximum absolute atomic E-state index is 11.7. The monoisotopic (exact) mass is 295 g/mol. The van der Waals surface area contributed by atoms with E-state index in [1.165, 1.54) is 0 Å². The molecule has 1 heterocycles. The van der Waals surface area contributed by atoms with Crippen molar-refractivity contribution in [3.63, 3.8) is 0 Å². The van der Waals surface area contributed by atoms with E-state index in [-0.39, 0.29) is 12.5 Å². The number of nitrogens with zero attached hydrogens (tertiary/aromatic N) is 1. The Kier molecular flexibility index (Phi) is 4.60. The second-order valence-corrected chi connectivity index (χ2v) is 4.58. The SMILES string of the molecule is O=C(CNc1ccc(Cl)cc1Cl)Nc1ccccn1. The van der Waals surface area contributed by atoms with Crippen molar-refractivity contribution in [3.8, 4) is 0 Å². The van der Waals surface area contributed by atoms with E-state index in [0.29, 0.717) is 21.6 Å². The fourth-order valence-corrected chi connectivity index (χ4v) is 1.91. The summed E-state index contributed by atoms with van der Waals surface area (Å²) >= 11 is 11.8. The van der Waals surface area contributed by atoms with Gasteiger partial charge in [0.05, 0.1) is 17.3 Å². The van der Waals surface area contributed by atoms with Crippen LogP contribution in [0.2, 0.25) is 10.0 Å². The van der Waals surface area contributed by atoms with E-state index < -0.39 is 0 Å². The molecule has 1 aromatic carbocycles. The first-order valence-electron chi connectivity index (χ1n) is 5.55. The zero-order valence-corrected chi connectivity index (χ0v) is 11.4.